The van der Waals surface area contributed by atoms with Crippen molar-refractivity contribution in [2.75, 3.05) is 19.7 Å². The number of carbonyl (C=O) groups excluding carboxylic acids is 1. The minimum atomic E-state index is -0.0686. The summed E-state index contributed by atoms with van der Waals surface area (Å²) in [5.74, 6) is 0.628. The van der Waals surface area contributed by atoms with Crippen molar-refractivity contribution in [2.24, 2.45) is 0 Å². The second kappa shape index (κ2) is 9.06. The lowest BCUT2D eigenvalue weighted by Gasteiger charge is -2.32. The van der Waals surface area contributed by atoms with Gasteiger partial charge >= 0.3 is 0 Å². The summed E-state index contributed by atoms with van der Waals surface area (Å²) in [5.41, 5.74) is 2.27. The van der Waals surface area contributed by atoms with Crippen LogP contribution in [0.1, 0.15) is 24.0 Å². The van der Waals surface area contributed by atoms with Crippen molar-refractivity contribution in [1.29, 1.82) is 0 Å². The monoisotopic (exact) mass is 372 g/mol. The van der Waals surface area contributed by atoms with Crippen LogP contribution < -0.4 is 10.1 Å². The first kappa shape index (κ1) is 18.7. The van der Waals surface area contributed by atoms with Crippen LogP contribution in [0.4, 0.5) is 0 Å². The summed E-state index contributed by atoms with van der Waals surface area (Å²) >= 11 is 5.93. The highest BCUT2D eigenvalue weighted by Crippen LogP contribution is 2.21. The molecule has 0 saturated carbocycles. The third kappa shape index (κ3) is 5.48. The molecule has 0 bridgehead atoms. The smallest absolute Gasteiger partial charge is 0.258 e. The molecule has 1 aliphatic rings. The van der Waals surface area contributed by atoms with Gasteiger partial charge in [0.25, 0.3) is 5.91 Å². The van der Waals surface area contributed by atoms with Crippen LogP contribution >= 0.6 is 11.6 Å². The Morgan fingerprint density at radius 3 is 2.62 bits per heavy atom. The van der Waals surface area contributed by atoms with Gasteiger partial charge in [0, 0.05) is 30.7 Å². The van der Waals surface area contributed by atoms with Crippen molar-refractivity contribution >= 4 is 17.5 Å². The average molecular weight is 373 g/mol. The number of hydrogen-bond acceptors (Lipinski definition) is 3. The maximum atomic E-state index is 12.2. The molecule has 2 aromatic carbocycles. The number of likely N-dealkylation sites (tertiary alicyclic amines) is 1. The zero-order chi connectivity index (χ0) is 18.4. The molecule has 5 heteroatoms. The molecule has 26 heavy (non-hydrogen) atoms. The predicted molar refractivity (Wildman–Crippen MR) is 105 cm³/mol. The van der Waals surface area contributed by atoms with E-state index >= 15 is 0 Å². The quantitative estimate of drug-likeness (QED) is 0.838. The molecule has 0 unspecified atom stereocenters. The third-order valence-corrected chi connectivity index (χ3v) is 4.93. The maximum Gasteiger partial charge on any atom is 0.258 e. The highest BCUT2D eigenvalue weighted by atomic mass is 35.5. The first-order valence-electron chi connectivity index (χ1n) is 9.05. The van der Waals surface area contributed by atoms with Crippen LogP contribution in [0.3, 0.4) is 0 Å². The van der Waals surface area contributed by atoms with E-state index in [9.17, 15) is 4.79 Å². The normalized spacial score (nSPS) is 15.6. The van der Waals surface area contributed by atoms with Gasteiger partial charge in [-0.2, -0.15) is 0 Å². The lowest BCUT2D eigenvalue weighted by atomic mass is 10.0. The Morgan fingerprint density at radius 1 is 1.19 bits per heavy atom. The molecule has 1 saturated heterocycles. The molecule has 1 aliphatic heterocycles. The van der Waals surface area contributed by atoms with Gasteiger partial charge in [-0.05, 0) is 49.1 Å². The molecule has 0 aromatic heterocycles. The SMILES string of the molecule is Cc1cc(Cl)ccc1OCC(=O)NC1CCN(Cc2ccccc2)CC1. The van der Waals surface area contributed by atoms with E-state index in [-0.39, 0.29) is 18.6 Å². The van der Waals surface area contributed by atoms with E-state index in [4.69, 9.17) is 16.3 Å². The van der Waals surface area contributed by atoms with E-state index in [1.54, 1.807) is 12.1 Å². The number of rotatable bonds is 6. The van der Waals surface area contributed by atoms with Gasteiger partial charge in [-0.1, -0.05) is 41.9 Å². The molecular weight excluding hydrogens is 348 g/mol. The van der Waals surface area contributed by atoms with E-state index in [2.05, 4.69) is 34.5 Å². The second-order valence-corrected chi connectivity index (χ2v) is 7.24. The molecule has 0 aliphatic carbocycles. The number of amides is 1. The number of piperidine rings is 1. The van der Waals surface area contributed by atoms with E-state index in [0.29, 0.717) is 10.8 Å². The van der Waals surface area contributed by atoms with Crippen LogP contribution in [0.2, 0.25) is 5.02 Å². The van der Waals surface area contributed by atoms with Gasteiger partial charge in [0.2, 0.25) is 0 Å². The van der Waals surface area contributed by atoms with Crippen molar-refractivity contribution in [3.63, 3.8) is 0 Å². The van der Waals surface area contributed by atoms with Crippen molar-refractivity contribution in [2.45, 2.75) is 32.4 Å². The van der Waals surface area contributed by atoms with Crippen LogP contribution in [-0.4, -0.2) is 36.5 Å². The lowest BCUT2D eigenvalue weighted by molar-refractivity contribution is -0.124. The highest BCUT2D eigenvalue weighted by Gasteiger charge is 2.20. The summed E-state index contributed by atoms with van der Waals surface area (Å²) in [7, 11) is 0. The van der Waals surface area contributed by atoms with Gasteiger partial charge in [-0.25, -0.2) is 0 Å². The van der Waals surface area contributed by atoms with Crippen molar-refractivity contribution in [3.05, 3.63) is 64.7 Å². The lowest BCUT2D eigenvalue weighted by Crippen LogP contribution is -2.45. The molecule has 138 valence electrons. The van der Waals surface area contributed by atoms with Gasteiger partial charge in [-0.15, -0.1) is 0 Å². The van der Waals surface area contributed by atoms with E-state index in [0.717, 1.165) is 38.0 Å². The molecule has 0 radical (unpaired) electrons. The van der Waals surface area contributed by atoms with Gasteiger partial charge in [0.05, 0.1) is 0 Å². The highest BCUT2D eigenvalue weighted by molar-refractivity contribution is 6.30. The Bertz CT molecular complexity index is 728. The van der Waals surface area contributed by atoms with Crippen molar-refractivity contribution < 1.29 is 9.53 Å². The van der Waals surface area contributed by atoms with Crippen LogP contribution in [-0.2, 0) is 11.3 Å². The van der Waals surface area contributed by atoms with Gasteiger partial charge in [0.15, 0.2) is 6.61 Å². The molecule has 0 atom stereocenters. The van der Waals surface area contributed by atoms with Crippen molar-refractivity contribution in [3.8, 4) is 5.75 Å². The maximum absolute atomic E-state index is 12.2. The Balaban J connectivity index is 1.39. The van der Waals surface area contributed by atoms with Crippen LogP contribution in [0, 0.1) is 6.92 Å². The molecule has 0 spiro atoms. The molecule has 4 nitrogen and oxygen atoms in total. The molecule has 2 aromatic rings. The first-order chi connectivity index (χ1) is 12.6. The number of carbonyl (C=O) groups is 1. The Labute approximate surface area is 160 Å². The van der Waals surface area contributed by atoms with E-state index in [1.165, 1.54) is 5.56 Å². The molecule has 3 rings (SSSR count). The standard InChI is InChI=1S/C21H25ClN2O2/c1-16-13-18(22)7-8-20(16)26-15-21(25)23-19-9-11-24(12-10-19)14-17-5-3-2-4-6-17/h2-8,13,19H,9-12,14-15H2,1H3,(H,23,25). The van der Waals surface area contributed by atoms with Gasteiger partial charge in [-0.3, -0.25) is 9.69 Å². The largest absolute Gasteiger partial charge is 0.484 e. The summed E-state index contributed by atoms with van der Waals surface area (Å²) in [6, 6.07) is 16.1. The minimum Gasteiger partial charge on any atom is -0.484 e. The fourth-order valence-electron chi connectivity index (χ4n) is 3.26. The predicted octanol–water partition coefficient (Wildman–Crippen LogP) is 3.81. The van der Waals surface area contributed by atoms with Crippen molar-refractivity contribution in [1.82, 2.24) is 10.2 Å². The summed E-state index contributed by atoms with van der Waals surface area (Å²) in [5, 5.41) is 3.76. The molecule has 1 N–H and O–H groups in total. The number of nitrogens with one attached hydrogen (secondary N) is 1. The molecule has 1 heterocycles. The number of halogens is 1. The Morgan fingerprint density at radius 2 is 1.92 bits per heavy atom. The molecule has 1 amide bonds. The summed E-state index contributed by atoms with van der Waals surface area (Å²) < 4.78 is 5.61. The number of benzene rings is 2. The average Bonchev–Trinajstić information content (AvgIpc) is 2.63. The van der Waals surface area contributed by atoms with Crippen LogP contribution in [0.25, 0.3) is 0 Å². The first-order valence-corrected chi connectivity index (χ1v) is 9.42. The second-order valence-electron chi connectivity index (χ2n) is 6.80. The topological polar surface area (TPSA) is 41.6 Å². The fraction of sp³-hybridized carbons (Fsp3) is 0.381. The zero-order valence-electron chi connectivity index (χ0n) is 15.1. The summed E-state index contributed by atoms with van der Waals surface area (Å²) in [6.07, 6.45) is 1.94. The number of aryl methyl sites for hydroxylation is 1. The fourth-order valence-corrected chi connectivity index (χ4v) is 3.49. The van der Waals surface area contributed by atoms with Gasteiger partial charge < -0.3 is 10.1 Å². The third-order valence-electron chi connectivity index (χ3n) is 4.70. The molecular formula is C21H25ClN2O2. The number of nitrogens with zero attached hydrogens (tertiary/aromatic N) is 1. The molecule has 1 fully saturated rings. The number of ether oxygens (including phenoxy) is 1. The summed E-state index contributed by atoms with van der Waals surface area (Å²) in [6.45, 7) is 4.92. The van der Waals surface area contributed by atoms with E-state index in [1.807, 2.05) is 19.1 Å². The summed E-state index contributed by atoms with van der Waals surface area (Å²) in [4.78, 5) is 14.6. The van der Waals surface area contributed by atoms with Gasteiger partial charge in [0.1, 0.15) is 5.75 Å². The Hall–Kier alpha value is -2.04. The van der Waals surface area contributed by atoms with Crippen LogP contribution in [0.15, 0.2) is 48.5 Å². The zero-order valence-corrected chi connectivity index (χ0v) is 15.8. The van der Waals surface area contributed by atoms with E-state index < -0.39 is 0 Å². The minimum absolute atomic E-state index is 0.0344. The number of hydrogen-bond donors (Lipinski definition) is 1. The van der Waals surface area contributed by atoms with Crippen LogP contribution in [0.5, 0.6) is 5.75 Å². The Kier molecular flexibility index (Phi) is 6.53.